The van der Waals surface area contributed by atoms with E-state index >= 15 is 0 Å². The molecule has 7 heteroatoms. The smallest absolute Gasteiger partial charge is 0.346 e. The first-order valence-corrected chi connectivity index (χ1v) is 10.4. The van der Waals surface area contributed by atoms with E-state index in [0.717, 1.165) is 18.4 Å². The normalized spacial score (nSPS) is 14.7. The molecule has 0 radical (unpaired) electrons. The van der Waals surface area contributed by atoms with Crippen LogP contribution in [-0.4, -0.2) is 15.7 Å². The zero-order valence-corrected chi connectivity index (χ0v) is 17.2. The fourth-order valence-corrected chi connectivity index (χ4v) is 4.17. The molecule has 1 amide bonds. The molecule has 162 valence electrons. The van der Waals surface area contributed by atoms with Crippen molar-refractivity contribution in [3.63, 3.8) is 0 Å². The lowest BCUT2D eigenvalue weighted by Gasteiger charge is -2.17. The van der Waals surface area contributed by atoms with Crippen molar-refractivity contribution in [3.8, 4) is 0 Å². The Balaban J connectivity index is 1.61. The van der Waals surface area contributed by atoms with Gasteiger partial charge in [0, 0.05) is 16.8 Å². The highest BCUT2D eigenvalue weighted by Crippen LogP contribution is 2.36. The van der Waals surface area contributed by atoms with Gasteiger partial charge in [0.25, 0.3) is 5.91 Å². The van der Waals surface area contributed by atoms with Crippen molar-refractivity contribution in [1.82, 2.24) is 15.1 Å². The summed E-state index contributed by atoms with van der Waals surface area (Å²) in [4.78, 5) is 13.0. The molecule has 1 aliphatic carbocycles. The lowest BCUT2D eigenvalue weighted by Crippen LogP contribution is -2.28. The topological polar surface area (TPSA) is 46.9 Å². The average Bonchev–Trinajstić information content (AvgIpc) is 3.14. The van der Waals surface area contributed by atoms with Gasteiger partial charge in [-0.3, -0.25) is 9.48 Å². The molecule has 0 spiro atoms. The number of amides is 1. The van der Waals surface area contributed by atoms with E-state index in [4.69, 9.17) is 0 Å². The number of carbonyl (C=O) groups excluding carboxylic acids is 1. The lowest BCUT2D eigenvalue weighted by atomic mass is 9.95. The number of benzene rings is 2. The molecule has 0 aliphatic heterocycles. The van der Waals surface area contributed by atoms with Gasteiger partial charge in [-0.1, -0.05) is 48.5 Å². The number of hydrogen-bond donors (Lipinski definition) is 1. The maximum Gasteiger partial charge on any atom is 0.435 e. The van der Waals surface area contributed by atoms with Crippen LogP contribution in [-0.2, 0) is 25.6 Å². The van der Waals surface area contributed by atoms with Crippen molar-refractivity contribution in [1.29, 1.82) is 0 Å². The number of carbonyl (C=O) groups is 1. The third-order valence-electron chi connectivity index (χ3n) is 5.75. The Kier molecular flexibility index (Phi) is 5.85. The summed E-state index contributed by atoms with van der Waals surface area (Å²) in [5.41, 5.74) is 2.21. The van der Waals surface area contributed by atoms with Gasteiger partial charge >= 0.3 is 6.18 Å². The van der Waals surface area contributed by atoms with Gasteiger partial charge < -0.3 is 5.32 Å². The minimum atomic E-state index is -4.48. The Morgan fingerprint density at radius 3 is 2.48 bits per heavy atom. The Morgan fingerprint density at radius 1 is 1.06 bits per heavy atom. The van der Waals surface area contributed by atoms with Crippen LogP contribution in [0.3, 0.4) is 0 Å². The maximum absolute atomic E-state index is 13.5. The van der Waals surface area contributed by atoms with Crippen LogP contribution in [0.15, 0.2) is 54.6 Å². The largest absolute Gasteiger partial charge is 0.435 e. The summed E-state index contributed by atoms with van der Waals surface area (Å²) < 4.78 is 41.9. The minimum absolute atomic E-state index is 0.127. The Hall–Kier alpha value is -3.09. The van der Waals surface area contributed by atoms with E-state index in [-0.39, 0.29) is 18.5 Å². The SMILES string of the molecule is CC(NC(=O)c1ccccc1Cn1nc(C(F)(F)F)c2c1CCCC2)c1ccccc1. The molecule has 1 unspecified atom stereocenters. The second-order valence-corrected chi connectivity index (χ2v) is 7.90. The van der Waals surface area contributed by atoms with E-state index in [0.29, 0.717) is 35.2 Å². The predicted molar refractivity (Wildman–Crippen MR) is 112 cm³/mol. The Morgan fingerprint density at radius 2 is 1.74 bits per heavy atom. The van der Waals surface area contributed by atoms with E-state index in [9.17, 15) is 18.0 Å². The zero-order valence-electron chi connectivity index (χ0n) is 17.2. The number of alkyl halides is 3. The molecule has 3 aromatic rings. The molecule has 0 fully saturated rings. The summed E-state index contributed by atoms with van der Waals surface area (Å²) in [6.07, 6.45) is -1.95. The minimum Gasteiger partial charge on any atom is -0.346 e. The van der Waals surface area contributed by atoms with E-state index in [1.807, 2.05) is 37.3 Å². The molecule has 1 aliphatic rings. The van der Waals surface area contributed by atoms with Crippen LogP contribution >= 0.6 is 0 Å². The molecular weight excluding hydrogens is 403 g/mol. The van der Waals surface area contributed by atoms with Gasteiger partial charge in [-0.15, -0.1) is 0 Å². The van der Waals surface area contributed by atoms with Gasteiger partial charge in [0.15, 0.2) is 5.69 Å². The molecule has 0 saturated heterocycles. The number of nitrogens with zero attached hydrogens (tertiary/aromatic N) is 2. The fourth-order valence-electron chi connectivity index (χ4n) is 4.17. The van der Waals surface area contributed by atoms with Crippen molar-refractivity contribution in [2.75, 3.05) is 0 Å². The van der Waals surface area contributed by atoms with Crippen molar-refractivity contribution in [2.24, 2.45) is 0 Å². The van der Waals surface area contributed by atoms with Crippen LogP contribution in [0, 0.1) is 0 Å². The van der Waals surface area contributed by atoms with Gasteiger partial charge in [0.2, 0.25) is 0 Å². The highest BCUT2D eigenvalue weighted by atomic mass is 19.4. The van der Waals surface area contributed by atoms with Crippen LogP contribution in [0.1, 0.15) is 64.2 Å². The summed E-state index contributed by atoms with van der Waals surface area (Å²) >= 11 is 0. The van der Waals surface area contributed by atoms with E-state index in [1.165, 1.54) is 4.68 Å². The predicted octanol–water partition coefficient (Wildman–Crippen LogP) is 5.32. The number of aromatic nitrogens is 2. The van der Waals surface area contributed by atoms with Crippen LogP contribution in [0.25, 0.3) is 0 Å². The molecule has 1 atom stereocenters. The van der Waals surface area contributed by atoms with Crippen LogP contribution < -0.4 is 5.32 Å². The van der Waals surface area contributed by atoms with Gasteiger partial charge in [-0.05, 0) is 49.8 Å². The number of hydrogen-bond acceptors (Lipinski definition) is 2. The van der Waals surface area contributed by atoms with Crippen LogP contribution in [0.5, 0.6) is 0 Å². The first kappa shape index (κ1) is 21.2. The quantitative estimate of drug-likeness (QED) is 0.599. The molecule has 0 bridgehead atoms. The Bertz CT molecular complexity index is 1070. The zero-order chi connectivity index (χ0) is 22.0. The highest BCUT2D eigenvalue weighted by Gasteiger charge is 2.39. The summed E-state index contributed by atoms with van der Waals surface area (Å²) in [6.45, 7) is 2.02. The monoisotopic (exact) mass is 427 g/mol. The van der Waals surface area contributed by atoms with Crippen LogP contribution in [0.4, 0.5) is 13.2 Å². The maximum atomic E-state index is 13.5. The van der Waals surface area contributed by atoms with E-state index in [2.05, 4.69) is 10.4 Å². The molecule has 31 heavy (non-hydrogen) atoms. The van der Waals surface area contributed by atoms with Crippen molar-refractivity contribution in [3.05, 3.63) is 88.2 Å². The molecule has 4 rings (SSSR count). The standard InChI is InChI=1S/C24H24F3N3O/c1-16(17-9-3-2-4-10-17)28-23(31)19-12-6-5-11-18(19)15-30-21-14-8-7-13-20(21)22(29-30)24(25,26)27/h2-6,9-12,16H,7-8,13-15H2,1H3,(H,28,31). The molecular formula is C24H24F3N3O. The summed E-state index contributed by atoms with van der Waals surface area (Å²) in [5.74, 6) is -0.260. The second-order valence-electron chi connectivity index (χ2n) is 7.90. The lowest BCUT2D eigenvalue weighted by molar-refractivity contribution is -0.142. The number of fused-ring (bicyclic) bond motifs is 1. The first-order chi connectivity index (χ1) is 14.8. The molecule has 1 heterocycles. The van der Waals surface area contributed by atoms with Gasteiger partial charge in [-0.2, -0.15) is 18.3 Å². The average molecular weight is 427 g/mol. The van der Waals surface area contributed by atoms with Gasteiger partial charge in [-0.25, -0.2) is 0 Å². The molecule has 4 nitrogen and oxygen atoms in total. The second kappa shape index (κ2) is 8.57. The molecule has 1 N–H and O–H groups in total. The van der Waals surface area contributed by atoms with Crippen molar-refractivity contribution >= 4 is 5.91 Å². The highest BCUT2D eigenvalue weighted by molar-refractivity contribution is 5.95. The van der Waals surface area contributed by atoms with Gasteiger partial charge in [0.1, 0.15) is 0 Å². The summed E-state index contributed by atoms with van der Waals surface area (Å²) in [6, 6.07) is 16.4. The molecule has 0 saturated carbocycles. The van der Waals surface area contributed by atoms with Crippen molar-refractivity contribution in [2.45, 2.75) is 51.4 Å². The Labute approximate surface area is 179 Å². The van der Waals surface area contributed by atoms with Crippen LogP contribution in [0.2, 0.25) is 0 Å². The number of halogens is 3. The first-order valence-electron chi connectivity index (χ1n) is 10.4. The fraction of sp³-hybridized carbons (Fsp3) is 0.333. The van der Waals surface area contributed by atoms with Crippen molar-refractivity contribution < 1.29 is 18.0 Å². The number of nitrogens with one attached hydrogen (secondary N) is 1. The third-order valence-corrected chi connectivity index (χ3v) is 5.75. The van der Waals surface area contributed by atoms with E-state index < -0.39 is 11.9 Å². The third kappa shape index (κ3) is 4.50. The summed E-state index contributed by atoms with van der Waals surface area (Å²) in [7, 11) is 0. The van der Waals surface area contributed by atoms with E-state index in [1.54, 1.807) is 24.3 Å². The summed E-state index contributed by atoms with van der Waals surface area (Å²) in [5, 5.41) is 6.91. The molecule has 1 aromatic heterocycles. The number of rotatable bonds is 5. The van der Waals surface area contributed by atoms with Gasteiger partial charge in [0.05, 0.1) is 12.6 Å². The molecule has 2 aromatic carbocycles.